The number of aryl methyl sites for hydroxylation is 1. The van der Waals surface area contributed by atoms with Crippen molar-refractivity contribution in [3.63, 3.8) is 0 Å². The number of fused-ring (bicyclic) bond motifs is 1. The number of hydrogen-bond acceptors (Lipinski definition) is 1. The Kier molecular flexibility index (Phi) is 4.03. The van der Waals surface area contributed by atoms with E-state index in [9.17, 15) is 0 Å². The summed E-state index contributed by atoms with van der Waals surface area (Å²) in [6.45, 7) is 2.21. The second kappa shape index (κ2) is 5.32. The van der Waals surface area contributed by atoms with Crippen LogP contribution in [-0.4, -0.2) is 9.97 Å². The molecule has 0 aliphatic heterocycles. The van der Waals surface area contributed by atoms with E-state index in [1.807, 2.05) is 12.1 Å². The van der Waals surface area contributed by atoms with Gasteiger partial charge in [0.1, 0.15) is 11.3 Å². The Bertz CT molecular complexity index is 452. The van der Waals surface area contributed by atoms with Gasteiger partial charge in [-0.3, -0.25) is 0 Å². The van der Waals surface area contributed by atoms with Crippen LogP contribution in [0.3, 0.4) is 0 Å². The quantitative estimate of drug-likeness (QED) is 0.790. The van der Waals surface area contributed by atoms with Gasteiger partial charge < -0.3 is 4.98 Å². The lowest BCUT2D eigenvalue weighted by Crippen LogP contribution is -1.87. The summed E-state index contributed by atoms with van der Waals surface area (Å²) in [5.41, 5.74) is 2.10. The standard InChI is InChI=1S/C12H14Br2N2/c1-2-3-4-5-10-15-11-8(13)6-7-9(14)12(11)16-10/h6-7H,2-5H2,1H3,(H,15,16). The first-order valence-electron chi connectivity index (χ1n) is 5.55. The normalized spacial score (nSPS) is 11.2. The fourth-order valence-electron chi connectivity index (χ4n) is 1.74. The summed E-state index contributed by atoms with van der Waals surface area (Å²) in [5.74, 6) is 1.08. The molecule has 4 heteroatoms. The highest BCUT2D eigenvalue weighted by Crippen LogP contribution is 2.28. The largest absolute Gasteiger partial charge is 0.341 e. The molecule has 86 valence electrons. The van der Waals surface area contributed by atoms with Gasteiger partial charge >= 0.3 is 0 Å². The Hall–Kier alpha value is -0.350. The third-order valence-electron chi connectivity index (χ3n) is 2.61. The highest BCUT2D eigenvalue weighted by molar-refractivity contribution is 9.11. The molecule has 0 fully saturated rings. The minimum Gasteiger partial charge on any atom is -0.341 e. The van der Waals surface area contributed by atoms with Gasteiger partial charge in [0.25, 0.3) is 0 Å². The van der Waals surface area contributed by atoms with Crippen LogP contribution < -0.4 is 0 Å². The van der Waals surface area contributed by atoms with Crippen LogP contribution in [0.15, 0.2) is 21.1 Å². The van der Waals surface area contributed by atoms with Crippen molar-refractivity contribution in [2.24, 2.45) is 0 Å². The van der Waals surface area contributed by atoms with E-state index in [1.54, 1.807) is 0 Å². The van der Waals surface area contributed by atoms with Crippen molar-refractivity contribution in [2.45, 2.75) is 32.6 Å². The van der Waals surface area contributed by atoms with E-state index in [1.165, 1.54) is 19.3 Å². The maximum Gasteiger partial charge on any atom is 0.107 e. The molecule has 1 aromatic carbocycles. The summed E-state index contributed by atoms with van der Waals surface area (Å²) < 4.78 is 2.11. The Morgan fingerprint density at radius 3 is 2.62 bits per heavy atom. The van der Waals surface area contributed by atoms with Crippen molar-refractivity contribution in [3.8, 4) is 0 Å². The minimum absolute atomic E-state index is 1.01. The van der Waals surface area contributed by atoms with Crippen LogP contribution in [0.25, 0.3) is 11.0 Å². The Balaban J connectivity index is 2.29. The number of nitrogens with zero attached hydrogens (tertiary/aromatic N) is 1. The second-order valence-corrected chi connectivity index (χ2v) is 5.60. The number of halogens is 2. The van der Waals surface area contributed by atoms with Crippen LogP contribution in [0.2, 0.25) is 0 Å². The topological polar surface area (TPSA) is 28.7 Å². The zero-order valence-corrected chi connectivity index (χ0v) is 12.4. The van der Waals surface area contributed by atoms with Crippen molar-refractivity contribution in [2.75, 3.05) is 0 Å². The predicted molar refractivity (Wildman–Crippen MR) is 74.7 cm³/mol. The van der Waals surface area contributed by atoms with Crippen LogP contribution in [0.1, 0.15) is 32.0 Å². The molecule has 0 saturated heterocycles. The highest BCUT2D eigenvalue weighted by atomic mass is 79.9. The molecule has 2 nitrogen and oxygen atoms in total. The Morgan fingerprint density at radius 1 is 1.19 bits per heavy atom. The Labute approximate surface area is 112 Å². The lowest BCUT2D eigenvalue weighted by Gasteiger charge is -1.94. The van der Waals surface area contributed by atoms with Crippen LogP contribution in [0.4, 0.5) is 0 Å². The fraction of sp³-hybridized carbons (Fsp3) is 0.417. The molecule has 0 bridgehead atoms. The molecule has 0 atom stereocenters. The molecule has 1 heterocycles. The van der Waals surface area contributed by atoms with Crippen LogP contribution in [-0.2, 0) is 6.42 Å². The van der Waals surface area contributed by atoms with E-state index >= 15 is 0 Å². The average Bonchev–Trinajstić information content (AvgIpc) is 2.69. The van der Waals surface area contributed by atoms with Gasteiger partial charge in [0.05, 0.1) is 5.52 Å². The summed E-state index contributed by atoms with van der Waals surface area (Å²) in [7, 11) is 0. The number of rotatable bonds is 4. The zero-order chi connectivity index (χ0) is 11.5. The molecule has 0 amide bonds. The third kappa shape index (κ3) is 2.48. The molecule has 16 heavy (non-hydrogen) atoms. The second-order valence-electron chi connectivity index (χ2n) is 3.89. The van der Waals surface area contributed by atoms with Gasteiger partial charge in [-0.25, -0.2) is 4.98 Å². The first-order chi connectivity index (χ1) is 7.72. The summed E-state index contributed by atoms with van der Waals surface area (Å²) in [5, 5.41) is 0. The van der Waals surface area contributed by atoms with Gasteiger partial charge in [-0.15, -0.1) is 0 Å². The van der Waals surface area contributed by atoms with Crippen molar-refractivity contribution < 1.29 is 0 Å². The van der Waals surface area contributed by atoms with E-state index in [4.69, 9.17) is 0 Å². The summed E-state index contributed by atoms with van der Waals surface area (Å²) in [6.07, 6.45) is 4.74. The van der Waals surface area contributed by atoms with Gasteiger partial charge in [-0.05, 0) is 50.4 Å². The zero-order valence-electron chi connectivity index (χ0n) is 9.19. The monoisotopic (exact) mass is 344 g/mol. The number of aromatic nitrogens is 2. The van der Waals surface area contributed by atoms with Crippen molar-refractivity contribution >= 4 is 42.9 Å². The molecule has 2 aromatic rings. The maximum absolute atomic E-state index is 4.61. The Morgan fingerprint density at radius 2 is 1.94 bits per heavy atom. The highest BCUT2D eigenvalue weighted by Gasteiger charge is 2.08. The minimum atomic E-state index is 1.01. The third-order valence-corrected chi connectivity index (χ3v) is 3.91. The van der Waals surface area contributed by atoms with E-state index in [2.05, 4.69) is 48.8 Å². The number of imidazole rings is 1. The van der Waals surface area contributed by atoms with Gasteiger partial charge in [0.15, 0.2) is 0 Å². The molecule has 0 aliphatic rings. The average molecular weight is 346 g/mol. The summed E-state index contributed by atoms with van der Waals surface area (Å²) in [4.78, 5) is 7.99. The molecule has 0 aliphatic carbocycles. The SMILES string of the molecule is CCCCCc1nc2c(Br)ccc(Br)c2[nH]1. The van der Waals surface area contributed by atoms with Crippen LogP contribution in [0.5, 0.6) is 0 Å². The van der Waals surface area contributed by atoms with Crippen molar-refractivity contribution in [1.29, 1.82) is 0 Å². The van der Waals surface area contributed by atoms with E-state index in [0.717, 1.165) is 32.2 Å². The molecule has 0 unspecified atom stereocenters. The summed E-state index contributed by atoms with van der Waals surface area (Å²) in [6, 6.07) is 4.05. The van der Waals surface area contributed by atoms with Gasteiger partial charge in [-0.2, -0.15) is 0 Å². The van der Waals surface area contributed by atoms with Gasteiger partial charge in [0, 0.05) is 15.4 Å². The van der Waals surface area contributed by atoms with E-state index in [-0.39, 0.29) is 0 Å². The molecular weight excluding hydrogens is 332 g/mol. The van der Waals surface area contributed by atoms with E-state index in [0.29, 0.717) is 0 Å². The molecule has 0 radical (unpaired) electrons. The smallest absolute Gasteiger partial charge is 0.107 e. The number of aromatic amines is 1. The summed E-state index contributed by atoms with van der Waals surface area (Å²) >= 11 is 7.06. The van der Waals surface area contributed by atoms with Crippen molar-refractivity contribution in [1.82, 2.24) is 9.97 Å². The van der Waals surface area contributed by atoms with Crippen LogP contribution in [0, 0.1) is 0 Å². The lowest BCUT2D eigenvalue weighted by molar-refractivity contribution is 0.700. The molecule has 1 aromatic heterocycles. The van der Waals surface area contributed by atoms with Crippen molar-refractivity contribution in [3.05, 3.63) is 26.9 Å². The lowest BCUT2D eigenvalue weighted by atomic mass is 10.2. The molecule has 2 rings (SSSR count). The molecule has 0 saturated carbocycles. The maximum atomic E-state index is 4.61. The predicted octanol–water partition coefficient (Wildman–Crippen LogP) is 4.82. The number of hydrogen-bond donors (Lipinski definition) is 1. The number of nitrogens with one attached hydrogen (secondary N) is 1. The molecule has 1 N–H and O–H groups in total. The van der Waals surface area contributed by atoms with Crippen LogP contribution >= 0.6 is 31.9 Å². The first-order valence-corrected chi connectivity index (χ1v) is 7.13. The molecular formula is C12H14Br2N2. The molecule has 0 spiro atoms. The van der Waals surface area contributed by atoms with E-state index < -0.39 is 0 Å². The van der Waals surface area contributed by atoms with Gasteiger partial charge in [0.2, 0.25) is 0 Å². The number of unbranched alkanes of at least 4 members (excludes halogenated alkanes) is 2. The number of H-pyrrole nitrogens is 1. The number of benzene rings is 1. The fourth-order valence-corrected chi connectivity index (χ4v) is 2.58. The first kappa shape index (κ1) is 12.1. The van der Waals surface area contributed by atoms with Gasteiger partial charge in [-0.1, -0.05) is 19.8 Å².